The lowest BCUT2D eigenvalue weighted by atomic mass is 9.99. The number of benzene rings is 1. The van der Waals surface area contributed by atoms with E-state index in [0.29, 0.717) is 16.5 Å². The Morgan fingerprint density at radius 2 is 2.05 bits per heavy atom. The number of aromatic nitrogens is 1. The molecular weight excluding hydrogens is 272 g/mol. The number of rotatable bonds is 2. The van der Waals surface area contributed by atoms with Gasteiger partial charge in [0.15, 0.2) is 0 Å². The molecule has 1 aromatic heterocycles. The SMILES string of the molecule is O=C(c1ccncc1Cl)N1CCC(c2ccccc2)C1. The fourth-order valence-corrected chi connectivity index (χ4v) is 2.86. The molecule has 0 saturated carbocycles. The molecule has 1 aliphatic heterocycles. The second kappa shape index (κ2) is 5.63. The van der Waals surface area contributed by atoms with Crippen LogP contribution in [0.15, 0.2) is 48.8 Å². The number of halogens is 1. The smallest absolute Gasteiger partial charge is 0.255 e. The van der Waals surface area contributed by atoms with Gasteiger partial charge in [0, 0.05) is 31.4 Å². The van der Waals surface area contributed by atoms with Gasteiger partial charge in [0.1, 0.15) is 0 Å². The van der Waals surface area contributed by atoms with Crippen molar-refractivity contribution in [3.05, 3.63) is 64.9 Å². The topological polar surface area (TPSA) is 33.2 Å². The molecule has 0 aliphatic carbocycles. The predicted molar refractivity (Wildman–Crippen MR) is 79.0 cm³/mol. The molecule has 3 nitrogen and oxygen atoms in total. The van der Waals surface area contributed by atoms with Crippen molar-refractivity contribution in [1.82, 2.24) is 9.88 Å². The third-order valence-electron chi connectivity index (χ3n) is 3.75. The standard InChI is InChI=1S/C16H15ClN2O/c17-15-10-18-8-6-14(15)16(20)19-9-7-13(11-19)12-4-2-1-3-5-12/h1-6,8,10,13H,7,9,11H2. The lowest BCUT2D eigenvalue weighted by Gasteiger charge is -2.17. The van der Waals surface area contributed by atoms with Crippen LogP contribution in [-0.2, 0) is 0 Å². The molecule has 4 heteroatoms. The first-order valence-corrected chi connectivity index (χ1v) is 7.07. The normalized spacial score (nSPS) is 18.2. The molecule has 0 N–H and O–H groups in total. The van der Waals surface area contributed by atoms with Gasteiger partial charge in [-0.3, -0.25) is 9.78 Å². The average Bonchev–Trinajstić information content (AvgIpc) is 2.98. The Morgan fingerprint density at radius 1 is 1.25 bits per heavy atom. The van der Waals surface area contributed by atoms with E-state index in [1.54, 1.807) is 12.3 Å². The number of carbonyl (C=O) groups excluding carboxylic acids is 1. The first-order chi connectivity index (χ1) is 9.75. The molecule has 0 radical (unpaired) electrons. The molecule has 1 saturated heterocycles. The number of likely N-dealkylation sites (tertiary alicyclic amines) is 1. The lowest BCUT2D eigenvalue weighted by Crippen LogP contribution is -2.28. The summed E-state index contributed by atoms with van der Waals surface area (Å²) in [6.45, 7) is 1.53. The summed E-state index contributed by atoms with van der Waals surface area (Å²) < 4.78 is 0. The van der Waals surface area contributed by atoms with Crippen molar-refractivity contribution in [2.45, 2.75) is 12.3 Å². The summed E-state index contributed by atoms with van der Waals surface area (Å²) in [4.78, 5) is 18.2. The Bertz CT molecular complexity index is 615. The quantitative estimate of drug-likeness (QED) is 0.848. The van der Waals surface area contributed by atoms with Gasteiger partial charge >= 0.3 is 0 Å². The van der Waals surface area contributed by atoms with Gasteiger partial charge in [0.2, 0.25) is 0 Å². The Morgan fingerprint density at radius 3 is 2.80 bits per heavy atom. The predicted octanol–water partition coefficient (Wildman–Crippen LogP) is 3.36. The van der Waals surface area contributed by atoms with Gasteiger partial charge in [-0.1, -0.05) is 41.9 Å². The molecule has 2 aromatic rings. The lowest BCUT2D eigenvalue weighted by molar-refractivity contribution is 0.0791. The van der Waals surface area contributed by atoms with E-state index in [9.17, 15) is 4.79 Å². The number of nitrogens with zero attached hydrogens (tertiary/aromatic N) is 2. The van der Waals surface area contributed by atoms with Gasteiger partial charge in [-0.15, -0.1) is 0 Å². The van der Waals surface area contributed by atoms with Crippen LogP contribution in [0, 0.1) is 0 Å². The molecular formula is C16H15ClN2O. The van der Waals surface area contributed by atoms with Crippen LogP contribution in [0.4, 0.5) is 0 Å². The maximum absolute atomic E-state index is 12.5. The second-order valence-corrected chi connectivity index (χ2v) is 5.41. The van der Waals surface area contributed by atoms with Gasteiger partial charge in [-0.05, 0) is 18.1 Å². The fourth-order valence-electron chi connectivity index (χ4n) is 2.66. The minimum Gasteiger partial charge on any atom is -0.338 e. The third-order valence-corrected chi connectivity index (χ3v) is 4.05. The van der Waals surface area contributed by atoms with Crippen LogP contribution >= 0.6 is 11.6 Å². The van der Waals surface area contributed by atoms with E-state index < -0.39 is 0 Å². The van der Waals surface area contributed by atoms with Crippen LogP contribution < -0.4 is 0 Å². The first-order valence-electron chi connectivity index (χ1n) is 6.69. The van der Waals surface area contributed by atoms with Gasteiger partial charge < -0.3 is 4.90 Å². The highest BCUT2D eigenvalue weighted by molar-refractivity contribution is 6.33. The van der Waals surface area contributed by atoms with Crippen LogP contribution in [0.3, 0.4) is 0 Å². The number of pyridine rings is 1. The Kier molecular flexibility index (Phi) is 3.70. The van der Waals surface area contributed by atoms with Crippen LogP contribution in [0.5, 0.6) is 0 Å². The molecule has 3 rings (SSSR count). The summed E-state index contributed by atoms with van der Waals surface area (Å²) in [7, 11) is 0. The van der Waals surface area contributed by atoms with Crippen LogP contribution in [0.1, 0.15) is 28.3 Å². The first kappa shape index (κ1) is 13.1. The summed E-state index contributed by atoms with van der Waals surface area (Å²) in [5.74, 6) is 0.414. The third kappa shape index (κ3) is 2.54. The molecule has 1 aromatic carbocycles. The number of hydrogen-bond donors (Lipinski definition) is 0. The Balaban J connectivity index is 1.75. The van der Waals surface area contributed by atoms with Gasteiger partial charge in [0.05, 0.1) is 10.6 Å². The number of amides is 1. The summed E-state index contributed by atoms with van der Waals surface area (Å²) in [6, 6.07) is 12.0. The fraction of sp³-hybridized carbons (Fsp3) is 0.250. The Labute approximate surface area is 123 Å². The van der Waals surface area contributed by atoms with Gasteiger partial charge in [0.25, 0.3) is 5.91 Å². The van der Waals surface area contributed by atoms with Gasteiger partial charge in [-0.25, -0.2) is 0 Å². The van der Waals surface area contributed by atoms with Crippen molar-refractivity contribution in [3.63, 3.8) is 0 Å². The van der Waals surface area contributed by atoms with Crippen molar-refractivity contribution < 1.29 is 4.79 Å². The van der Waals surface area contributed by atoms with Crippen LogP contribution in [0.25, 0.3) is 0 Å². The van der Waals surface area contributed by atoms with E-state index in [4.69, 9.17) is 11.6 Å². The zero-order valence-electron chi connectivity index (χ0n) is 11.0. The van der Waals surface area contributed by atoms with E-state index in [-0.39, 0.29) is 5.91 Å². The highest BCUT2D eigenvalue weighted by Gasteiger charge is 2.28. The summed E-state index contributed by atoms with van der Waals surface area (Å²) >= 11 is 6.04. The van der Waals surface area contributed by atoms with Crippen molar-refractivity contribution >= 4 is 17.5 Å². The van der Waals surface area contributed by atoms with Crippen molar-refractivity contribution in [1.29, 1.82) is 0 Å². The molecule has 2 heterocycles. The average molecular weight is 287 g/mol. The zero-order valence-corrected chi connectivity index (χ0v) is 11.8. The van der Waals surface area contributed by atoms with E-state index in [2.05, 4.69) is 17.1 Å². The Hall–Kier alpha value is -1.87. The maximum atomic E-state index is 12.5. The van der Waals surface area contributed by atoms with E-state index in [0.717, 1.165) is 19.5 Å². The molecule has 1 atom stereocenters. The van der Waals surface area contributed by atoms with Crippen LogP contribution in [0.2, 0.25) is 5.02 Å². The molecule has 1 unspecified atom stereocenters. The van der Waals surface area contributed by atoms with Crippen molar-refractivity contribution in [2.75, 3.05) is 13.1 Å². The second-order valence-electron chi connectivity index (χ2n) is 5.00. The monoisotopic (exact) mass is 286 g/mol. The largest absolute Gasteiger partial charge is 0.338 e. The molecule has 20 heavy (non-hydrogen) atoms. The van der Waals surface area contributed by atoms with E-state index in [1.807, 2.05) is 23.1 Å². The molecule has 1 aliphatic rings. The molecule has 1 fully saturated rings. The molecule has 1 amide bonds. The highest BCUT2D eigenvalue weighted by atomic mass is 35.5. The summed E-state index contributed by atoms with van der Waals surface area (Å²) in [5.41, 5.74) is 1.83. The molecule has 102 valence electrons. The molecule has 0 spiro atoms. The highest BCUT2D eigenvalue weighted by Crippen LogP contribution is 2.28. The minimum atomic E-state index is -0.00386. The van der Waals surface area contributed by atoms with Gasteiger partial charge in [-0.2, -0.15) is 0 Å². The van der Waals surface area contributed by atoms with Crippen molar-refractivity contribution in [2.24, 2.45) is 0 Å². The maximum Gasteiger partial charge on any atom is 0.255 e. The van der Waals surface area contributed by atoms with Crippen molar-refractivity contribution in [3.8, 4) is 0 Å². The van der Waals surface area contributed by atoms with Crippen LogP contribution in [-0.4, -0.2) is 28.9 Å². The summed E-state index contributed by atoms with van der Waals surface area (Å²) in [5, 5.41) is 0.417. The summed E-state index contributed by atoms with van der Waals surface area (Å²) in [6.07, 6.45) is 4.11. The molecule has 0 bridgehead atoms. The van der Waals surface area contributed by atoms with E-state index in [1.165, 1.54) is 11.8 Å². The number of hydrogen-bond acceptors (Lipinski definition) is 2. The zero-order chi connectivity index (χ0) is 13.9. The number of carbonyl (C=O) groups is 1. The van der Waals surface area contributed by atoms with E-state index >= 15 is 0 Å². The minimum absolute atomic E-state index is 0.00386.